The zero-order valence-corrected chi connectivity index (χ0v) is 14.8. The van der Waals surface area contributed by atoms with Crippen LogP contribution in [-0.4, -0.2) is 29.6 Å². The van der Waals surface area contributed by atoms with Gasteiger partial charge in [-0.25, -0.2) is 23.4 Å². The predicted molar refractivity (Wildman–Crippen MR) is 94.4 cm³/mol. The molecular formula is C16H14N4O3S2. The molecule has 0 aliphatic carbocycles. The van der Waals surface area contributed by atoms with Crippen molar-refractivity contribution in [1.29, 1.82) is 0 Å². The minimum atomic E-state index is -3.54. The highest BCUT2D eigenvalue weighted by atomic mass is 32.2. The van der Waals surface area contributed by atoms with Crippen LogP contribution in [0.3, 0.4) is 0 Å². The number of rotatable bonds is 5. The highest BCUT2D eigenvalue weighted by Gasteiger charge is 2.17. The molecule has 0 amide bonds. The Balaban J connectivity index is 1.92. The van der Waals surface area contributed by atoms with Gasteiger partial charge in [0, 0.05) is 35.8 Å². The number of nitrogens with zero attached hydrogens (tertiary/aromatic N) is 3. The first-order valence-electron chi connectivity index (χ1n) is 7.11. The van der Waals surface area contributed by atoms with Gasteiger partial charge in [-0.15, -0.1) is 0 Å². The number of hydrogen-bond donors (Lipinski definition) is 1. The van der Waals surface area contributed by atoms with Gasteiger partial charge in [0.2, 0.25) is 0 Å². The maximum absolute atomic E-state index is 11.8. The molecule has 7 nitrogen and oxygen atoms in total. The number of hydrogen-bond acceptors (Lipinski definition) is 8. The lowest BCUT2D eigenvalue weighted by atomic mass is 10.4. The summed E-state index contributed by atoms with van der Waals surface area (Å²) >= 11 is 1.39. The van der Waals surface area contributed by atoms with Crippen LogP contribution in [0.15, 0.2) is 69.9 Å². The van der Waals surface area contributed by atoms with Gasteiger partial charge in [-0.05, 0) is 24.3 Å². The van der Waals surface area contributed by atoms with Gasteiger partial charge in [-0.3, -0.25) is 0 Å². The Kier molecular flexibility index (Phi) is 4.86. The highest BCUT2D eigenvalue weighted by molar-refractivity contribution is 7.99. The van der Waals surface area contributed by atoms with Crippen LogP contribution in [0.2, 0.25) is 0 Å². The first-order valence-corrected chi connectivity index (χ1v) is 9.81. The Morgan fingerprint density at radius 1 is 1.04 bits per heavy atom. The van der Waals surface area contributed by atoms with Crippen LogP contribution in [0.1, 0.15) is 0 Å². The van der Waals surface area contributed by atoms with Crippen molar-refractivity contribution in [2.24, 2.45) is 0 Å². The summed E-state index contributed by atoms with van der Waals surface area (Å²) < 4.78 is 29.4. The van der Waals surface area contributed by atoms with Crippen molar-refractivity contribution >= 4 is 27.4 Å². The molecule has 0 aliphatic heterocycles. The molecule has 3 aromatic heterocycles. The van der Waals surface area contributed by atoms with Crippen LogP contribution < -0.4 is 10.5 Å². The summed E-state index contributed by atoms with van der Waals surface area (Å²) in [6.45, 7) is 0. The molecule has 25 heavy (non-hydrogen) atoms. The average molecular weight is 374 g/mol. The van der Waals surface area contributed by atoms with Crippen molar-refractivity contribution < 1.29 is 13.2 Å². The summed E-state index contributed by atoms with van der Waals surface area (Å²) in [4.78, 5) is 13.0. The van der Waals surface area contributed by atoms with Crippen molar-refractivity contribution in [3.05, 3.63) is 55.0 Å². The second-order valence-electron chi connectivity index (χ2n) is 5.01. The van der Waals surface area contributed by atoms with Crippen molar-refractivity contribution in [1.82, 2.24) is 15.0 Å². The van der Waals surface area contributed by atoms with Crippen LogP contribution in [0.5, 0.6) is 11.5 Å². The Morgan fingerprint density at radius 3 is 2.56 bits per heavy atom. The molecule has 9 heteroatoms. The minimum absolute atomic E-state index is 0.0958. The molecule has 0 aromatic carbocycles. The van der Waals surface area contributed by atoms with E-state index in [1.165, 1.54) is 24.0 Å². The van der Waals surface area contributed by atoms with Crippen LogP contribution in [-0.2, 0) is 9.84 Å². The third kappa shape index (κ3) is 4.25. The fourth-order valence-electron chi connectivity index (χ4n) is 1.95. The summed E-state index contributed by atoms with van der Waals surface area (Å²) in [6, 6.07) is 10.4. The molecular weight excluding hydrogens is 360 g/mol. The van der Waals surface area contributed by atoms with Crippen molar-refractivity contribution in [3.63, 3.8) is 0 Å². The van der Waals surface area contributed by atoms with Gasteiger partial charge < -0.3 is 10.5 Å². The lowest BCUT2D eigenvalue weighted by molar-refractivity contribution is 0.461. The second kappa shape index (κ2) is 7.08. The Hall–Kier alpha value is -2.65. The van der Waals surface area contributed by atoms with E-state index in [0.29, 0.717) is 0 Å². The number of pyridine rings is 3. The molecule has 3 aromatic rings. The number of sulfone groups is 1. The van der Waals surface area contributed by atoms with E-state index in [0.717, 1.165) is 16.2 Å². The highest BCUT2D eigenvalue weighted by Crippen LogP contribution is 2.34. The van der Waals surface area contributed by atoms with Gasteiger partial charge in [0.1, 0.15) is 5.03 Å². The monoisotopic (exact) mass is 374 g/mol. The van der Waals surface area contributed by atoms with E-state index in [4.69, 9.17) is 10.5 Å². The first-order chi connectivity index (χ1) is 11.9. The van der Waals surface area contributed by atoms with E-state index in [1.807, 2.05) is 18.2 Å². The fourth-order valence-corrected chi connectivity index (χ4v) is 3.45. The predicted octanol–water partition coefficient (Wildman–Crippen LogP) is 2.80. The summed E-state index contributed by atoms with van der Waals surface area (Å²) in [6.07, 6.45) is 5.75. The standard InChI is InChI=1S/C16H14N4O3S2/c1-25(21,22)16-12(5-4-8-19-16)23-13-9-11(10-20-15(13)17)24-14-6-2-3-7-18-14/h2-10H,1H3,(H2,17,20). The Labute approximate surface area is 149 Å². The molecule has 0 aliphatic rings. The van der Waals surface area contributed by atoms with Crippen molar-refractivity contribution in [2.45, 2.75) is 14.9 Å². The van der Waals surface area contributed by atoms with E-state index < -0.39 is 9.84 Å². The molecule has 128 valence electrons. The Bertz CT molecular complexity index is 995. The van der Waals surface area contributed by atoms with E-state index >= 15 is 0 Å². The fraction of sp³-hybridized carbons (Fsp3) is 0.0625. The molecule has 0 bridgehead atoms. The van der Waals surface area contributed by atoms with Crippen LogP contribution >= 0.6 is 11.8 Å². The number of anilines is 1. The molecule has 3 rings (SSSR count). The van der Waals surface area contributed by atoms with Gasteiger partial charge in [0.15, 0.2) is 32.2 Å². The third-order valence-electron chi connectivity index (χ3n) is 3.02. The molecule has 0 fully saturated rings. The minimum Gasteiger partial charge on any atom is -0.450 e. The molecule has 0 saturated heterocycles. The van der Waals surface area contributed by atoms with Crippen LogP contribution in [0.25, 0.3) is 0 Å². The molecule has 0 unspecified atom stereocenters. The SMILES string of the molecule is CS(=O)(=O)c1ncccc1Oc1cc(Sc2ccccn2)cnc1N. The maximum atomic E-state index is 11.8. The number of nitrogen functional groups attached to an aromatic ring is 1. The normalized spacial score (nSPS) is 11.2. The third-order valence-corrected chi connectivity index (χ3v) is 4.94. The average Bonchev–Trinajstić information content (AvgIpc) is 2.58. The topological polar surface area (TPSA) is 108 Å². The zero-order chi connectivity index (χ0) is 17.9. The van der Waals surface area contributed by atoms with Crippen LogP contribution in [0.4, 0.5) is 5.82 Å². The van der Waals surface area contributed by atoms with Crippen molar-refractivity contribution in [2.75, 3.05) is 12.0 Å². The lowest BCUT2D eigenvalue weighted by Gasteiger charge is -2.11. The Morgan fingerprint density at radius 2 is 1.84 bits per heavy atom. The number of ether oxygens (including phenoxy) is 1. The lowest BCUT2D eigenvalue weighted by Crippen LogP contribution is -2.04. The summed E-state index contributed by atoms with van der Waals surface area (Å²) in [5.41, 5.74) is 5.86. The maximum Gasteiger partial charge on any atom is 0.197 e. The molecule has 0 spiro atoms. The summed E-state index contributed by atoms with van der Waals surface area (Å²) in [7, 11) is -3.54. The summed E-state index contributed by atoms with van der Waals surface area (Å²) in [5, 5.41) is 0.635. The smallest absolute Gasteiger partial charge is 0.197 e. The quantitative estimate of drug-likeness (QED) is 0.726. The van der Waals surface area contributed by atoms with E-state index in [-0.39, 0.29) is 22.3 Å². The zero-order valence-electron chi connectivity index (χ0n) is 13.2. The van der Waals surface area contributed by atoms with Crippen molar-refractivity contribution in [3.8, 4) is 11.5 Å². The van der Waals surface area contributed by atoms with Gasteiger partial charge in [0.25, 0.3) is 0 Å². The van der Waals surface area contributed by atoms with Gasteiger partial charge in [0.05, 0.1) is 0 Å². The summed E-state index contributed by atoms with van der Waals surface area (Å²) in [5.74, 6) is 0.492. The second-order valence-corrected chi connectivity index (χ2v) is 8.03. The van der Waals surface area contributed by atoms with Crippen LogP contribution in [0, 0.1) is 0 Å². The van der Waals surface area contributed by atoms with Gasteiger partial charge in [-0.2, -0.15) is 0 Å². The largest absolute Gasteiger partial charge is 0.450 e. The first kappa shape index (κ1) is 17.2. The van der Waals surface area contributed by atoms with E-state index in [2.05, 4.69) is 15.0 Å². The molecule has 0 saturated carbocycles. The van der Waals surface area contributed by atoms with E-state index in [9.17, 15) is 8.42 Å². The molecule has 2 N–H and O–H groups in total. The molecule has 3 heterocycles. The molecule has 0 atom stereocenters. The van der Waals surface area contributed by atoms with E-state index in [1.54, 1.807) is 24.5 Å². The number of nitrogens with two attached hydrogens (primary N) is 1. The van der Waals surface area contributed by atoms with Gasteiger partial charge >= 0.3 is 0 Å². The molecule has 0 radical (unpaired) electrons. The number of aromatic nitrogens is 3. The van der Waals surface area contributed by atoms with Gasteiger partial charge in [-0.1, -0.05) is 17.8 Å².